The maximum atomic E-state index is 12.9. The lowest BCUT2D eigenvalue weighted by molar-refractivity contribution is 0.0732. The zero-order valence-corrected chi connectivity index (χ0v) is 15.1. The van der Waals surface area contributed by atoms with Crippen molar-refractivity contribution in [1.29, 1.82) is 0 Å². The van der Waals surface area contributed by atoms with Crippen LogP contribution in [0.4, 0.5) is 10.9 Å². The number of nitrogens with zero attached hydrogens (tertiary/aromatic N) is 5. The highest BCUT2D eigenvalue weighted by atomic mass is 32.1. The van der Waals surface area contributed by atoms with E-state index in [2.05, 4.69) is 25.5 Å². The van der Waals surface area contributed by atoms with E-state index in [1.54, 1.807) is 5.51 Å². The van der Waals surface area contributed by atoms with Gasteiger partial charge in [0.1, 0.15) is 17.2 Å². The molecule has 0 aliphatic carbocycles. The molecule has 1 aliphatic rings. The number of aromatic nitrogens is 4. The first-order valence-electron chi connectivity index (χ1n) is 8.45. The molecule has 1 N–H and O–H groups in total. The fourth-order valence-corrected chi connectivity index (χ4v) is 3.68. The minimum Gasteiger partial charge on any atom is -0.330 e. The second-order valence-corrected chi connectivity index (χ2v) is 6.95. The number of aryl methyl sites for hydroxylation is 1. The highest BCUT2D eigenvalue weighted by Gasteiger charge is 2.32. The number of anilines is 2. The van der Waals surface area contributed by atoms with Crippen LogP contribution in [-0.2, 0) is 0 Å². The molecular formula is C18H18N6OS. The van der Waals surface area contributed by atoms with Crippen molar-refractivity contribution in [3.8, 4) is 0 Å². The molecule has 8 heteroatoms. The molecule has 0 bridgehead atoms. The van der Waals surface area contributed by atoms with Gasteiger partial charge in [0.25, 0.3) is 5.91 Å². The molecule has 1 atom stereocenters. The zero-order valence-electron chi connectivity index (χ0n) is 14.3. The van der Waals surface area contributed by atoms with Crippen LogP contribution in [0.1, 0.15) is 40.8 Å². The molecule has 1 amide bonds. The average Bonchev–Trinajstić information content (AvgIpc) is 3.33. The number of nitrogens with one attached hydrogen (secondary N) is 1. The Morgan fingerprint density at radius 3 is 2.88 bits per heavy atom. The Balaban J connectivity index is 1.61. The number of hydrogen-bond acceptors (Lipinski definition) is 7. The summed E-state index contributed by atoms with van der Waals surface area (Å²) in [5.41, 5.74) is 3.22. The molecule has 1 aromatic carbocycles. The average molecular weight is 366 g/mol. The number of benzene rings is 1. The Bertz CT molecular complexity index is 899. The summed E-state index contributed by atoms with van der Waals surface area (Å²) >= 11 is 1.41. The molecule has 1 saturated heterocycles. The predicted molar refractivity (Wildman–Crippen MR) is 99.4 cm³/mol. The van der Waals surface area contributed by atoms with Crippen molar-refractivity contribution in [1.82, 2.24) is 25.1 Å². The van der Waals surface area contributed by atoms with Gasteiger partial charge >= 0.3 is 0 Å². The lowest BCUT2D eigenvalue weighted by Crippen LogP contribution is -2.31. The maximum absolute atomic E-state index is 12.9. The second kappa shape index (κ2) is 7.17. The van der Waals surface area contributed by atoms with Crippen molar-refractivity contribution < 1.29 is 4.79 Å². The number of likely N-dealkylation sites (tertiary alicyclic amines) is 1. The number of hydrogen-bond donors (Lipinski definition) is 1. The fraction of sp³-hybridized carbons (Fsp3) is 0.278. The molecule has 0 radical (unpaired) electrons. The van der Waals surface area contributed by atoms with Crippen LogP contribution in [0.2, 0.25) is 0 Å². The third-order valence-electron chi connectivity index (χ3n) is 4.33. The number of rotatable bonds is 4. The minimum atomic E-state index is -0.0422. The Hall–Kier alpha value is -2.87. The van der Waals surface area contributed by atoms with Crippen molar-refractivity contribution in [2.45, 2.75) is 25.8 Å². The topological polar surface area (TPSA) is 83.9 Å². The third kappa shape index (κ3) is 3.41. The molecule has 1 fully saturated rings. The molecular weight excluding hydrogens is 348 g/mol. The summed E-state index contributed by atoms with van der Waals surface area (Å²) in [7, 11) is 0. The van der Waals surface area contributed by atoms with E-state index in [-0.39, 0.29) is 11.9 Å². The first-order chi connectivity index (χ1) is 12.7. The predicted octanol–water partition coefficient (Wildman–Crippen LogP) is 3.36. The first kappa shape index (κ1) is 16.6. The molecule has 132 valence electrons. The fourth-order valence-electron chi connectivity index (χ4n) is 3.23. The lowest BCUT2D eigenvalue weighted by atomic mass is 10.1. The summed E-state index contributed by atoms with van der Waals surface area (Å²) in [5.74, 6) is 1.37. The summed E-state index contributed by atoms with van der Waals surface area (Å²) in [5, 5.41) is 11.6. The van der Waals surface area contributed by atoms with Gasteiger partial charge in [0, 0.05) is 18.2 Å². The summed E-state index contributed by atoms with van der Waals surface area (Å²) < 4.78 is 0. The van der Waals surface area contributed by atoms with Crippen LogP contribution in [-0.4, -0.2) is 37.5 Å². The molecule has 4 rings (SSSR count). The molecule has 7 nitrogen and oxygen atoms in total. The van der Waals surface area contributed by atoms with E-state index in [4.69, 9.17) is 0 Å². The highest BCUT2D eigenvalue weighted by Crippen LogP contribution is 2.33. The van der Waals surface area contributed by atoms with E-state index >= 15 is 0 Å². The van der Waals surface area contributed by atoms with E-state index in [0.29, 0.717) is 22.3 Å². The Morgan fingerprint density at radius 2 is 2.12 bits per heavy atom. The van der Waals surface area contributed by atoms with Gasteiger partial charge < -0.3 is 10.2 Å². The standard InChI is InChI=1S/C18H18N6OS/c1-12-20-14(10-16(21-12)22-18-23-19-11-26-18)15-8-5-9-24(15)17(25)13-6-3-2-4-7-13/h2-4,6-7,10-11,15H,5,8-9H2,1H3,(H,20,21,22,23). The van der Waals surface area contributed by atoms with E-state index in [9.17, 15) is 4.79 Å². The molecule has 2 aromatic heterocycles. The molecule has 26 heavy (non-hydrogen) atoms. The van der Waals surface area contributed by atoms with Crippen molar-refractivity contribution >= 4 is 28.2 Å². The van der Waals surface area contributed by atoms with E-state index in [1.807, 2.05) is 48.2 Å². The van der Waals surface area contributed by atoms with Crippen LogP contribution < -0.4 is 5.32 Å². The van der Waals surface area contributed by atoms with Gasteiger partial charge in [-0.05, 0) is 31.9 Å². The smallest absolute Gasteiger partial charge is 0.254 e. The van der Waals surface area contributed by atoms with Crippen LogP contribution in [0.3, 0.4) is 0 Å². The van der Waals surface area contributed by atoms with E-state index < -0.39 is 0 Å². The van der Waals surface area contributed by atoms with Crippen LogP contribution in [0.25, 0.3) is 0 Å². The van der Waals surface area contributed by atoms with Gasteiger partial charge in [0.05, 0.1) is 11.7 Å². The second-order valence-electron chi connectivity index (χ2n) is 6.12. The van der Waals surface area contributed by atoms with Crippen LogP contribution in [0.15, 0.2) is 41.9 Å². The van der Waals surface area contributed by atoms with Gasteiger partial charge in [0.2, 0.25) is 5.13 Å². The van der Waals surface area contributed by atoms with Crippen LogP contribution >= 0.6 is 11.3 Å². The van der Waals surface area contributed by atoms with Crippen LogP contribution in [0, 0.1) is 6.92 Å². The quantitative estimate of drug-likeness (QED) is 0.762. The van der Waals surface area contributed by atoms with Gasteiger partial charge in [-0.2, -0.15) is 0 Å². The van der Waals surface area contributed by atoms with Crippen molar-refractivity contribution in [3.63, 3.8) is 0 Å². The SMILES string of the molecule is Cc1nc(Nc2nncs2)cc(C2CCCN2C(=O)c2ccccc2)n1. The maximum Gasteiger partial charge on any atom is 0.254 e. The van der Waals surface area contributed by atoms with Crippen LogP contribution in [0.5, 0.6) is 0 Å². The first-order valence-corrected chi connectivity index (χ1v) is 9.33. The van der Waals surface area contributed by atoms with Gasteiger partial charge in [-0.3, -0.25) is 4.79 Å². The van der Waals surface area contributed by atoms with Crippen molar-refractivity contribution in [3.05, 3.63) is 59.0 Å². The summed E-state index contributed by atoms with van der Waals surface area (Å²) in [6.07, 6.45) is 1.86. The molecule has 0 spiro atoms. The Labute approximate surface area is 155 Å². The van der Waals surface area contributed by atoms with E-state index in [0.717, 1.165) is 25.1 Å². The number of carbonyl (C=O) groups excluding carboxylic acids is 1. The summed E-state index contributed by atoms with van der Waals surface area (Å²) in [6, 6.07) is 11.2. The van der Waals surface area contributed by atoms with Gasteiger partial charge in [0.15, 0.2) is 0 Å². The van der Waals surface area contributed by atoms with Gasteiger partial charge in [-0.25, -0.2) is 9.97 Å². The summed E-state index contributed by atoms with van der Waals surface area (Å²) in [4.78, 5) is 23.8. The van der Waals surface area contributed by atoms with Crippen molar-refractivity contribution in [2.24, 2.45) is 0 Å². The van der Waals surface area contributed by atoms with E-state index in [1.165, 1.54) is 11.3 Å². The largest absolute Gasteiger partial charge is 0.330 e. The highest BCUT2D eigenvalue weighted by molar-refractivity contribution is 7.13. The minimum absolute atomic E-state index is 0.0422. The monoisotopic (exact) mass is 366 g/mol. The Kier molecular flexibility index (Phi) is 4.57. The molecule has 3 heterocycles. The normalized spacial score (nSPS) is 16.7. The van der Waals surface area contributed by atoms with Gasteiger partial charge in [-0.1, -0.05) is 29.5 Å². The zero-order chi connectivity index (χ0) is 17.9. The summed E-state index contributed by atoms with van der Waals surface area (Å²) in [6.45, 7) is 2.59. The molecule has 3 aromatic rings. The number of amides is 1. The lowest BCUT2D eigenvalue weighted by Gasteiger charge is -2.25. The molecule has 1 unspecified atom stereocenters. The Morgan fingerprint density at radius 1 is 1.27 bits per heavy atom. The molecule has 0 saturated carbocycles. The van der Waals surface area contributed by atoms with Gasteiger partial charge in [-0.15, -0.1) is 10.2 Å². The van der Waals surface area contributed by atoms with Crippen molar-refractivity contribution in [2.75, 3.05) is 11.9 Å². The third-order valence-corrected chi connectivity index (χ3v) is 4.94. The molecule has 1 aliphatic heterocycles. The number of carbonyl (C=O) groups is 1.